The fraction of sp³-hybridized carbons (Fsp3) is 0.273. The third-order valence-electron chi connectivity index (χ3n) is 5.39. The van der Waals surface area contributed by atoms with Crippen LogP contribution < -0.4 is 10.2 Å². The van der Waals surface area contributed by atoms with Crippen LogP contribution in [0.25, 0.3) is 22.4 Å². The van der Waals surface area contributed by atoms with Gasteiger partial charge in [-0.25, -0.2) is 9.97 Å². The number of fused-ring (bicyclic) bond motifs is 1. The van der Waals surface area contributed by atoms with Crippen molar-refractivity contribution in [2.24, 2.45) is 7.05 Å². The van der Waals surface area contributed by atoms with Gasteiger partial charge in [0, 0.05) is 43.5 Å². The lowest BCUT2D eigenvalue weighted by Crippen LogP contribution is -2.30. The van der Waals surface area contributed by atoms with Gasteiger partial charge < -0.3 is 14.6 Å². The summed E-state index contributed by atoms with van der Waals surface area (Å²) in [5, 5.41) is 8.84. The van der Waals surface area contributed by atoms with E-state index in [-0.39, 0.29) is 11.6 Å². The zero-order valence-electron chi connectivity index (χ0n) is 17.0. The number of hydrogen-bond donors (Lipinski definition) is 1. The summed E-state index contributed by atoms with van der Waals surface area (Å²) >= 11 is 5.94. The highest BCUT2D eigenvalue weighted by Crippen LogP contribution is 2.33. The van der Waals surface area contributed by atoms with Gasteiger partial charge in [0.1, 0.15) is 11.4 Å². The number of carbonyl (C=O) groups is 1. The normalized spacial score (nSPS) is 14.2. The standard InChI is InChI=1S/C22H21ClN6O2/c1-28-12-15-9-17(19(11-16(15)27-28)29-7-3-2-4-8-29)25-21(30)18-13-31-22(26-18)14-5-6-24-20(23)10-14/h5-6,9-13H,2-4,7-8H2,1H3,(H,25,30). The Bertz CT molecular complexity index is 1260. The maximum Gasteiger partial charge on any atom is 0.277 e. The first-order valence-corrected chi connectivity index (χ1v) is 10.6. The van der Waals surface area contributed by atoms with Crippen LogP contribution in [0.5, 0.6) is 0 Å². The molecule has 1 fully saturated rings. The molecule has 0 unspecified atom stereocenters. The van der Waals surface area contributed by atoms with Crippen molar-refractivity contribution in [2.45, 2.75) is 19.3 Å². The second-order valence-corrected chi connectivity index (χ2v) is 8.03. The first-order chi connectivity index (χ1) is 15.1. The predicted molar refractivity (Wildman–Crippen MR) is 119 cm³/mol. The lowest BCUT2D eigenvalue weighted by Gasteiger charge is -2.30. The molecule has 0 saturated carbocycles. The summed E-state index contributed by atoms with van der Waals surface area (Å²) in [4.78, 5) is 23.6. The minimum absolute atomic E-state index is 0.193. The number of halogens is 1. The summed E-state index contributed by atoms with van der Waals surface area (Å²) in [7, 11) is 1.89. The van der Waals surface area contributed by atoms with Gasteiger partial charge in [0.25, 0.3) is 5.91 Å². The Kier molecular flexibility index (Phi) is 5.07. The van der Waals surface area contributed by atoms with E-state index in [1.54, 1.807) is 23.0 Å². The molecular formula is C22H21ClN6O2. The molecule has 1 aromatic carbocycles. The third-order valence-corrected chi connectivity index (χ3v) is 5.60. The maximum absolute atomic E-state index is 13.0. The van der Waals surface area contributed by atoms with E-state index in [1.807, 2.05) is 25.4 Å². The first-order valence-electron chi connectivity index (χ1n) is 10.2. The molecule has 1 N–H and O–H groups in total. The van der Waals surface area contributed by atoms with Crippen molar-refractivity contribution >= 4 is 39.8 Å². The van der Waals surface area contributed by atoms with Gasteiger partial charge in [-0.3, -0.25) is 9.48 Å². The van der Waals surface area contributed by atoms with E-state index >= 15 is 0 Å². The van der Waals surface area contributed by atoms with Crippen LogP contribution in [-0.4, -0.2) is 38.7 Å². The molecule has 0 atom stereocenters. The number of amides is 1. The fourth-order valence-corrected chi connectivity index (χ4v) is 4.09. The molecule has 31 heavy (non-hydrogen) atoms. The number of aromatic nitrogens is 4. The van der Waals surface area contributed by atoms with Crippen LogP contribution in [0.3, 0.4) is 0 Å². The molecule has 0 aliphatic carbocycles. The van der Waals surface area contributed by atoms with Crippen LogP contribution in [0.1, 0.15) is 29.8 Å². The summed E-state index contributed by atoms with van der Waals surface area (Å²) in [6.45, 7) is 1.91. The molecule has 1 saturated heterocycles. The van der Waals surface area contributed by atoms with Gasteiger partial charge in [0.05, 0.1) is 16.9 Å². The minimum atomic E-state index is -0.336. The number of rotatable bonds is 4. The predicted octanol–water partition coefficient (Wildman–Crippen LogP) is 4.52. The summed E-state index contributed by atoms with van der Waals surface area (Å²) in [6, 6.07) is 7.38. The van der Waals surface area contributed by atoms with Crippen molar-refractivity contribution in [3.8, 4) is 11.5 Å². The summed E-state index contributed by atoms with van der Waals surface area (Å²) in [5.74, 6) is -0.0231. The maximum atomic E-state index is 13.0. The molecule has 9 heteroatoms. The van der Waals surface area contributed by atoms with Crippen LogP contribution in [-0.2, 0) is 7.05 Å². The van der Waals surface area contributed by atoms with Gasteiger partial charge in [0.15, 0.2) is 5.69 Å². The van der Waals surface area contributed by atoms with Gasteiger partial charge in [-0.05, 0) is 43.5 Å². The van der Waals surface area contributed by atoms with Gasteiger partial charge in [0.2, 0.25) is 5.89 Å². The number of oxazole rings is 1. The quantitative estimate of drug-likeness (QED) is 0.473. The molecule has 3 aromatic heterocycles. The number of hydrogen-bond acceptors (Lipinski definition) is 6. The van der Waals surface area contributed by atoms with E-state index in [0.29, 0.717) is 16.6 Å². The Morgan fingerprint density at radius 2 is 2.03 bits per heavy atom. The van der Waals surface area contributed by atoms with Crippen LogP contribution >= 0.6 is 11.6 Å². The van der Waals surface area contributed by atoms with E-state index in [2.05, 4.69) is 25.3 Å². The Morgan fingerprint density at radius 3 is 2.84 bits per heavy atom. The molecule has 1 aliphatic rings. The number of nitrogens with zero attached hydrogens (tertiary/aromatic N) is 5. The monoisotopic (exact) mass is 436 g/mol. The lowest BCUT2D eigenvalue weighted by atomic mass is 10.1. The van der Waals surface area contributed by atoms with E-state index < -0.39 is 0 Å². The molecule has 0 bridgehead atoms. The number of nitrogens with one attached hydrogen (secondary N) is 1. The Balaban J connectivity index is 1.46. The average Bonchev–Trinajstić information content (AvgIpc) is 3.40. The largest absolute Gasteiger partial charge is 0.444 e. The first kappa shape index (κ1) is 19.6. The number of benzene rings is 1. The van der Waals surface area contributed by atoms with Crippen molar-refractivity contribution in [1.82, 2.24) is 19.7 Å². The molecule has 4 heterocycles. The molecule has 4 aromatic rings. The third kappa shape index (κ3) is 3.98. The van der Waals surface area contributed by atoms with Crippen molar-refractivity contribution in [3.05, 3.63) is 53.8 Å². The molecule has 1 aliphatic heterocycles. The molecule has 1 amide bonds. The molecule has 0 spiro atoms. The number of anilines is 2. The topological polar surface area (TPSA) is 89.1 Å². The van der Waals surface area contributed by atoms with Crippen molar-refractivity contribution in [2.75, 3.05) is 23.3 Å². The van der Waals surface area contributed by atoms with Crippen molar-refractivity contribution in [3.63, 3.8) is 0 Å². The van der Waals surface area contributed by atoms with E-state index in [0.717, 1.165) is 48.2 Å². The minimum Gasteiger partial charge on any atom is -0.444 e. The molecular weight excluding hydrogens is 416 g/mol. The Hall–Kier alpha value is -3.39. The second-order valence-electron chi connectivity index (χ2n) is 7.64. The van der Waals surface area contributed by atoms with Crippen LogP contribution in [0.15, 0.2) is 47.3 Å². The molecule has 8 nitrogen and oxygen atoms in total. The van der Waals surface area contributed by atoms with Gasteiger partial charge in [-0.15, -0.1) is 0 Å². The second kappa shape index (κ2) is 8.03. The lowest BCUT2D eigenvalue weighted by molar-refractivity contribution is 0.102. The average molecular weight is 437 g/mol. The van der Waals surface area contributed by atoms with E-state index in [9.17, 15) is 4.79 Å². The smallest absolute Gasteiger partial charge is 0.277 e. The summed E-state index contributed by atoms with van der Waals surface area (Å²) in [5.41, 5.74) is 3.47. The van der Waals surface area contributed by atoms with E-state index in [4.69, 9.17) is 16.0 Å². The van der Waals surface area contributed by atoms with E-state index in [1.165, 1.54) is 12.7 Å². The highest BCUT2D eigenvalue weighted by Gasteiger charge is 2.20. The zero-order chi connectivity index (χ0) is 21.4. The van der Waals surface area contributed by atoms with Crippen molar-refractivity contribution < 1.29 is 9.21 Å². The molecule has 5 rings (SSSR count). The zero-order valence-corrected chi connectivity index (χ0v) is 17.8. The SMILES string of the molecule is Cn1cc2cc(NC(=O)c3coc(-c4ccnc(Cl)c4)n3)c(N3CCCCC3)cc2n1. The number of aryl methyl sites for hydroxylation is 1. The van der Waals surface area contributed by atoms with Crippen molar-refractivity contribution in [1.29, 1.82) is 0 Å². The number of pyridine rings is 1. The Labute approximate surface area is 183 Å². The van der Waals surface area contributed by atoms with Crippen LogP contribution in [0, 0.1) is 0 Å². The molecule has 0 radical (unpaired) electrons. The molecule has 158 valence electrons. The van der Waals surface area contributed by atoms with Crippen LogP contribution in [0.4, 0.5) is 11.4 Å². The van der Waals surface area contributed by atoms with Crippen LogP contribution in [0.2, 0.25) is 5.15 Å². The summed E-state index contributed by atoms with van der Waals surface area (Å²) in [6.07, 6.45) is 8.35. The number of piperidine rings is 1. The fourth-order valence-electron chi connectivity index (χ4n) is 3.91. The number of carbonyl (C=O) groups excluding carboxylic acids is 1. The Morgan fingerprint density at radius 1 is 1.19 bits per heavy atom. The van der Waals surface area contributed by atoms with Gasteiger partial charge >= 0.3 is 0 Å². The highest BCUT2D eigenvalue weighted by atomic mass is 35.5. The van der Waals surface area contributed by atoms with Gasteiger partial charge in [-0.2, -0.15) is 5.10 Å². The van der Waals surface area contributed by atoms with Gasteiger partial charge in [-0.1, -0.05) is 11.6 Å². The summed E-state index contributed by atoms with van der Waals surface area (Å²) < 4.78 is 7.28. The highest BCUT2D eigenvalue weighted by molar-refractivity contribution is 6.29.